The van der Waals surface area contributed by atoms with Crippen LogP contribution in [0, 0.1) is 11.3 Å². The van der Waals surface area contributed by atoms with Crippen LogP contribution >= 0.6 is 24.8 Å². The van der Waals surface area contributed by atoms with Gasteiger partial charge < -0.3 is 24.5 Å². The highest BCUT2D eigenvalue weighted by molar-refractivity contribution is 5.92. The minimum absolute atomic E-state index is 0. The molecule has 1 aromatic heterocycles. The van der Waals surface area contributed by atoms with Gasteiger partial charge in [0.15, 0.2) is 5.69 Å². The number of amides is 1. The van der Waals surface area contributed by atoms with Gasteiger partial charge in [0, 0.05) is 32.2 Å². The highest BCUT2D eigenvalue weighted by atomic mass is 35.5. The number of nitrogens with zero attached hydrogens (tertiary/aromatic N) is 3. The average Bonchev–Trinajstić information content (AvgIpc) is 3.28. The Hall–Kier alpha value is -1.39. The van der Waals surface area contributed by atoms with E-state index in [2.05, 4.69) is 9.88 Å². The molecule has 1 aliphatic carbocycles. The van der Waals surface area contributed by atoms with E-state index in [0.717, 1.165) is 52.0 Å². The van der Waals surface area contributed by atoms with E-state index in [4.69, 9.17) is 19.6 Å². The van der Waals surface area contributed by atoms with E-state index in [-0.39, 0.29) is 54.8 Å². The molecule has 4 rings (SSSR count). The summed E-state index contributed by atoms with van der Waals surface area (Å²) in [6, 6.07) is 0.464. The third kappa shape index (κ3) is 5.22. The fourth-order valence-corrected chi connectivity index (χ4v) is 5.35. The molecule has 182 valence electrons. The topological polar surface area (TPSA) is 111 Å². The van der Waals surface area contributed by atoms with Crippen LogP contribution in [0.3, 0.4) is 0 Å². The zero-order chi connectivity index (χ0) is 21.1. The Morgan fingerprint density at radius 3 is 2.66 bits per heavy atom. The quantitative estimate of drug-likeness (QED) is 0.619. The molecule has 9 nitrogen and oxygen atoms in total. The van der Waals surface area contributed by atoms with Gasteiger partial charge in [0.1, 0.15) is 6.26 Å². The summed E-state index contributed by atoms with van der Waals surface area (Å²) in [5.41, 5.74) is 5.14. The molecule has 0 aromatic carbocycles. The summed E-state index contributed by atoms with van der Waals surface area (Å²) in [5.74, 6) is 0.157. The molecule has 3 fully saturated rings. The van der Waals surface area contributed by atoms with E-state index in [0.29, 0.717) is 31.6 Å². The van der Waals surface area contributed by atoms with Gasteiger partial charge in [0.2, 0.25) is 5.89 Å². The second-order valence-corrected chi connectivity index (χ2v) is 8.50. The van der Waals surface area contributed by atoms with Crippen molar-refractivity contribution in [2.75, 3.05) is 46.0 Å². The molecule has 32 heavy (non-hydrogen) atoms. The predicted octanol–water partition coefficient (Wildman–Crippen LogP) is 1.87. The Balaban J connectivity index is 0.00000181. The first-order chi connectivity index (χ1) is 14.6. The van der Waals surface area contributed by atoms with Gasteiger partial charge in [-0.05, 0) is 38.5 Å². The molecule has 1 saturated carbocycles. The lowest BCUT2D eigenvalue weighted by Gasteiger charge is -2.52. The van der Waals surface area contributed by atoms with Crippen LogP contribution in [0.25, 0.3) is 0 Å². The molecule has 1 amide bonds. The van der Waals surface area contributed by atoms with Gasteiger partial charge >= 0.3 is 5.97 Å². The van der Waals surface area contributed by atoms with Crippen molar-refractivity contribution in [3.05, 3.63) is 17.8 Å². The zero-order valence-electron chi connectivity index (χ0n) is 18.5. The summed E-state index contributed by atoms with van der Waals surface area (Å²) < 4.78 is 16.2. The van der Waals surface area contributed by atoms with Gasteiger partial charge in [-0.1, -0.05) is 0 Å². The van der Waals surface area contributed by atoms with Gasteiger partial charge in [-0.15, -0.1) is 24.8 Å². The molecule has 2 saturated heterocycles. The number of aromatic nitrogens is 1. The van der Waals surface area contributed by atoms with Crippen LogP contribution in [-0.4, -0.2) is 78.7 Å². The number of carbonyl (C=O) groups is 2. The van der Waals surface area contributed by atoms with Gasteiger partial charge in [-0.2, -0.15) is 0 Å². The lowest BCUT2D eigenvalue weighted by atomic mass is 9.61. The van der Waals surface area contributed by atoms with Crippen molar-refractivity contribution >= 4 is 36.7 Å². The first-order valence-electron chi connectivity index (χ1n) is 11.0. The number of halogens is 2. The minimum Gasteiger partial charge on any atom is -0.466 e. The van der Waals surface area contributed by atoms with Gasteiger partial charge in [-0.25, -0.2) is 4.98 Å². The number of esters is 1. The second kappa shape index (κ2) is 11.7. The molecule has 0 spiro atoms. The van der Waals surface area contributed by atoms with Gasteiger partial charge in [0.25, 0.3) is 5.91 Å². The molecule has 11 heteroatoms. The number of oxazole rings is 1. The number of nitrogens with two attached hydrogens (primary N) is 1. The number of fused-ring (bicyclic) bond motifs is 1. The summed E-state index contributed by atoms with van der Waals surface area (Å²) in [5, 5.41) is 0. The number of piperidine rings is 1. The van der Waals surface area contributed by atoms with Crippen LogP contribution < -0.4 is 5.73 Å². The third-order valence-electron chi connectivity index (χ3n) is 6.96. The Morgan fingerprint density at radius 2 is 2.00 bits per heavy atom. The second-order valence-electron chi connectivity index (χ2n) is 8.50. The van der Waals surface area contributed by atoms with Crippen LogP contribution in [-0.2, 0) is 20.8 Å². The summed E-state index contributed by atoms with van der Waals surface area (Å²) >= 11 is 0. The van der Waals surface area contributed by atoms with Crippen LogP contribution in [0.4, 0.5) is 0 Å². The van der Waals surface area contributed by atoms with Crippen molar-refractivity contribution in [2.24, 2.45) is 17.1 Å². The molecule has 3 heterocycles. The summed E-state index contributed by atoms with van der Waals surface area (Å²) in [6.45, 7) is 6.74. The fourth-order valence-electron chi connectivity index (χ4n) is 5.35. The zero-order valence-corrected chi connectivity index (χ0v) is 20.1. The lowest BCUT2D eigenvalue weighted by Crippen LogP contribution is -2.59. The monoisotopic (exact) mass is 492 g/mol. The maximum atomic E-state index is 13.1. The van der Waals surface area contributed by atoms with E-state index in [1.807, 2.05) is 6.92 Å². The molecule has 3 atom stereocenters. The largest absolute Gasteiger partial charge is 0.466 e. The molecular weight excluding hydrogens is 459 g/mol. The van der Waals surface area contributed by atoms with Crippen molar-refractivity contribution in [1.82, 2.24) is 14.8 Å². The molecule has 0 bridgehead atoms. The Kier molecular flexibility index (Phi) is 9.78. The standard InChI is InChI=1S/C21H32N4O5.2ClH/c1-2-29-20(27)21-5-3-16(24-7-9-28-10-8-24)11-15(21)4-6-25(14-21)19(26)17-13-30-18(12-22)23-17;;/h13,15-16H,2-12,14,22H2,1H3;2*1H/t15-,16-,21-;;/m1../s1. The third-order valence-corrected chi connectivity index (χ3v) is 6.96. The fraction of sp³-hybridized carbons (Fsp3) is 0.762. The highest BCUT2D eigenvalue weighted by Crippen LogP contribution is 2.48. The maximum absolute atomic E-state index is 13.1. The lowest BCUT2D eigenvalue weighted by molar-refractivity contribution is -0.168. The smallest absolute Gasteiger partial charge is 0.314 e. The van der Waals surface area contributed by atoms with Crippen LogP contribution in [0.15, 0.2) is 10.7 Å². The SMILES string of the molecule is CCOC(=O)[C@@]12CC[C@@H](N3CCOCC3)C[C@H]1CCN(C(=O)c1coc(CN)n1)C2.Cl.Cl. The summed E-state index contributed by atoms with van der Waals surface area (Å²) in [7, 11) is 0. The van der Waals surface area contributed by atoms with E-state index >= 15 is 0 Å². The maximum Gasteiger partial charge on any atom is 0.314 e. The van der Waals surface area contributed by atoms with Crippen LogP contribution in [0.1, 0.15) is 49.0 Å². The first-order valence-corrected chi connectivity index (χ1v) is 11.0. The number of morpholine rings is 1. The number of ether oxygens (including phenoxy) is 2. The molecule has 3 aliphatic rings. The van der Waals surface area contributed by atoms with Crippen molar-refractivity contribution in [1.29, 1.82) is 0 Å². The summed E-state index contributed by atoms with van der Waals surface area (Å²) in [4.78, 5) is 34.6. The van der Waals surface area contributed by atoms with E-state index in [9.17, 15) is 9.59 Å². The van der Waals surface area contributed by atoms with Crippen molar-refractivity contribution in [3.63, 3.8) is 0 Å². The highest BCUT2D eigenvalue weighted by Gasteiger charge is 2.54. The van der Waals surface area contributed by atoms with Crippen LogP contribution in [0.2, 0.25) is 0 Å². The van der Waals surface area contributed by atoms with Gasteiger partial charge in [-0.3, -0.25) is 14.5 Å². The molecule has 2 aliphatic heterocycles. The van der Waals surface area contributed by atoms with Crippen molar-refractivity contribution in [2.45, 2.75) is 45.2 Å². The number of rotatable bonds is 5. The number of likely N-dealkylation sites (tertiary alicyclic amines) is 1. The molecule has 2 N–H and O–H groups in total. The normalized spacial score (nSPS) is 28.1. The van der Waals surface area contributed by atoms with E-state index in [1.165, 1.54) is 6.26 Å². The van der Waals surface area contributed by atoms with Crippen molar-refractivity contribution < 1.29 is 23.5 Å². The number of hydrogen-bond acceptors (Lipinski definition) is 8. The molecular formula is C21H34Cl2N4O5. The predicted molar refractivity (Wildman–Crippen MR) is 122 cm³/mol. The summed E-state index contributed by atoms with van der Waals surface area (Å²) in [6.07, 6.45) is 4.76. The molecule has 0 unspecified atom stereocenters. The van der Waals surface area contributed by atoms with E-state index in [1.54, 1.807) is 4.90 Å². The molecule has 1 aromatic rings. The van der Waals surface area contributed by atoms with E-state index < -0.39 is 5.41 Å². The minimum atomic E-state index is -0.646. The van der Waals surface area contributed by atoms with Crippen LogP contribution in [0.5, 0.6) is 0 Å². The van der Waals surface area contributed by atoms with Crippen molar-refractivity contribution in [3.8, 4) is 0 Å². The molecule has 0 radical (unpaired) electrons. The first kappa shape index (κ1) is 26.9. The van der Waals surface area contributed by atoms with Gasteiger partial charge in [0.05, 0.1) is 31.8 Å². The Labute approximate surface area is 201 Å². The average molecular weight is 493 g/mol. The Bertz CT molecular complexity index is 773. The Morgan fingerprint density at radius 1 is 1.25 bits per heavy atom. The number of carbonyl (C=O) groups excluding carboxylic acids is 2. The number of hydrogen-bond donors (Lipinski definition) is 1.